The number of H-pyrrole nitrogens is 1. The smallest absolute Gasteiger partial charge is 0.319 e. The van der Waals surface area contributed by atoms with Gasteiger partial charge in [-0.3, -0.25) is 4.79 Å². The number of thioether (sulfide) groups is 1. The lowest BCUT2D eigenvalue weighted by Crippen LogP contribution is -2.26. The molecule has 26 heavy (non-hydrogen) atoms. The number of benzene rings is 1. The molecule has 0 amide bonds. The number of nitrogens with zero attached hydrogens (tertiary/aromatic N) is 2. The van der Waals surface area contributed by atoms with Crippen LogP contribution >= 0.6 is 11.8 Å². The van der Waals surface area contributed by atoms with Crippen LogP contribution in [0, 0.1) is 0 Å². The summed E-state index contributed by atoms with van der Waals surface area (Å²) in [6, 6.07) is 9.85. The maximum absolute atomic E-state index is 11.3. The Morgan fingerprint density at radius 1 is 1.12 bits per heavy atom. The number of carboxylic acids is 1. The van der Waals surface area contributed by atoms with Gasteiger partial charge < -0.3 is 10.1 Å². The third-order valence-electron chi connectivity index (χ3n) is 4.15. The molecule has 0 aliphatic heterocycles. The van der Waals surface area contributed by atoms with Gasteiger partial charge in [0.15, 0.2) is 5.82 Å². The number of hydrogen-bond donors (Lipinski definition) is 2. The van der Waals surface area contributed by atoms with Crippen molar-refractivity contribution in [1.82, 2.24) is 15.0 Å². The molecule has 0 fully saturated rings. The highest BCUT2D eigenvalue weighted by molar-refractivity contribution is 8.01. The molecule has 0 saturated heterocycles. The first-order chi connectivity index (χ1) is 12.1. The maximum atomic E-state index is 11.3. The van der Waals surface area contributed by atoms with Crippen molar-refractivity contribution >= 4 is 28.6 Å². The summed E-state index contributed by atoms with van der Waals surface area (Å²) >= 11 is 1.34. The molecule has 3 aromatic rings. The monoisotopic (exact) mass is 369 g/mol. The highest BCUT2D eigenvalue weighted by atomic mass is 32.2. The van der Waals surface area contributed by atoms with E-state index in [0.717, 1.165) is 27.2 Å². The Balaban J connectivity index is 1.97. The van der Waals surface area contributed by atoms with Crippen LogP contribution in [0.25, 0.3) is 22.4 Å². The second-order valence-corrected chi connectivity index (χ2v) is 9.56. The molecule has 0 atom stereocenters. The van der Waals surface area contributed by atoms with E-state index in [0.29, 0.717) is 5.82 Å². The number of nitrogens with one attached hydrogen (secondary N) is 1. The molecule has 0 radical (unpaired) electrons. The van der Waals surface area contributed by atoms with Gasteiger partial charge in [0.25, 0.3) is 0 Å². The zero-order valence-corrected chi connectivity index (χ0v) is 16.4. The van der Waals surface area contributed by atoms with Crippen molar-refractivity contribution in [3.8, 4) is 11.5 Å². The quantitative estimate of drug-likeness (QED) is 0.641. The molecule has 2 heterocycles. The van der Waals surface area contributed by atoms with Crippen LogP contribution in [-0.4, -0.2) is 30.8 Å². The van der Waals surface area contributed by atoms with Crippen LogP contribution in [0.4, 0.5) is 0 Å². The van der Waals surface area contributed by atoms with Gasteiger partial charge in [-0.05, 0) is 44.2 Å². The van der Waals surface area contributed by atoms with Crippen LogP contribution in [0.2, 0.25) is 0 Å². The van der Waals surface area contributed by atoms with Gasteiger partial charge in [-0.25, -0.2) is 9.97 Å². The molecule has 136 valence electrons. The SMILES string of the molecule is CC(C)(Sc1ccc2[nH]c(-c3nccc(C(C)(C)C)n3)cc2c1)C(=O)O. The summed E-state index contributed by atoms with van der Waals surface area (Å²) in [5.74, 6) is -0.168. The molecule has 3 rings (SSSR count). The lowest BCUT2D eigenvalue weighted by Gasteiger charge is -2.18. The third kappa shape index (κ3) is 3.75. The van der Waals surface area contributed by atoms with Gasteiger partial charge in [0.2, 0.25) is 0 Å². The third-order valence-corrected chi connectivity index (χ3v) is 5.32. The highest BCUT2D eigenvalue weighted by Gasteiger charge is 2.28. The number of fused-ring (bicyclic) bond motifs is 1. The number of aliphatic carboxylic acids is 1. The van der Waals surface area contributed by atoms with Crippen molar-refractivity contribution in [3.05, 3.63) is 42.2 Å². The fourth-order valence-corrected chi connectivity index (χ4v) is 3.54. The van der Waals surface area contributed by atoms with E-state index in [4.69, 9.17) is 0 Å². The molecular formula is C20H23N3O2S. The Bertz CT molecular complexity index is 971. The lowest BCUT2D eigenvalue weighted by atomic mass is 9.92. The maximum Gasteiger partial charge on any atom is 0.319 e. The lowest BCUT2D eigenvalue weighted by molar-refractivity contribution is -0.138. The van der Waals surface area contributed by atoms with Crippen molar-refractivity contribution in [2.75, 3.05) is 0 Å². The van der Waals surface area contributed by atoms with Crippen molar-refractivity contribution in [2.45, 2.75) is 49.7 Å². The zero-order valence-electron chi connectivity index (χ0n) is 15.6. The summed E-state index contributed by atoms with van der Waals surface area (Å²) in [5, 5.41) is 10.3. The first kappa shape index (κ1) is 18.5. The van der Waals surface area contributed by atoms with E-state index in [1.807, 2.05) is 30.3 Å². The normalized spacial score (nSPS) is 12.5. The largest absolute Gasteiger partial charge is 0.480 e. The van der Waals surface area contributed by atoms with Gasteiger partial charge in [0, 0.05) is 33.1 Å². The van der Waals surface area contributed by atoms with Gasteiger partial charge in [0.05, 0.1) is 5.69 Å². The molecule has 0 bridgehead atoms. The van der Waals surface area contributed by atoms with Crippen molar-refractivity contribution < 1.29 is 9.90 Å². The van der Waals surface area contributed by atoms with Crippen molar-refractivity contribution in [1.29, 1.82) is 0 Å². The summed E-state index contributed by atoms with van der Waals surface area (Å²) < 4.78 is -0.878. The fraction of sp³-hybridized carbons (Fsp3) is 0.350. The van der Waals surface area contributed by atoms with Crippen LogP contribution in [0.15, 0.2) is 41.4 Å². The fourth-order valence-electron chi connectivity index (χ4n) is 2.54. The molecule has 2 aromatic heterocycles. The molecule has 0 spiro atoms. The van der Waals surface area contributed by atoms with E-state index in [1.54, 1.807) is 20.0 Å². The minimum Gasteiger partial charge on any atom is -0.480 e. The Labute approximate surface area is 157 Å². The van der Waals surface area contributed by atoms with Gasteiger partial charge in [-0.2, -0.15) is 0 Å². The molecule has 2 N–H and O–H groups in total. The Hall–Kier alpha value is -2.34. The van der Waals surface area contributed by atoms with E-state index in [9.17, 15) is 9.90 Å². The summed E-state index contributed by atoms with van der Waals surface area (Å²) in [5.41, 5.74) is 2.77. The number of aromatic nitrogens is 3. The molecule has 5 nitrogen and oxygen atoms in total. The molecule has 6 heteroatoms. The van der Waals surface area contributed by atoms with E-state index in [1.165, 1.54) is 11.8 Å². The first-order valence-electron chi connectivity index (χ1n) is 8.45. The Morgan fingerprint density at radius 2 is 1.85 bits per heavy atom. The molecule has 0 aliphatic rings. The number of carboxylic acid groups (broad SMARTS) is 1. The molecule has 0 unspecified atom stereocenters. The molecule has 0 aliphatic carbocycles. The molecule has 0 saturated carbocycles. The number of aromatic amines is 1. The van der Waals surface area contributed by atoms with E-state index < -0.39 is 10.7 Å². The van der Waals surface area contributed by atoms with Crippen LogP contribution in [0.5, 0.6) is 0 Å². The van der Waals surface area contributed by atoms with E-state index >= 15 is 0 Å². The number of hydrogen-bond acceptors (Lipinski definition) is 4. The van der Waals surface area contributed by atoms with Gasteiger partial charge in [0.1, 0.15) is 4.75 Å². The molecular weight excluding hydrogens is 346 g/mol. The molecule has 1 aromatic carbocycles. The summed E-state index contributed by atoms with van der Waals surface area (Å²) in [7, 11) is 0. The predicted octanol–water partition coefficient (Wildman–Crippen LogP) is 4.88. The van der Waals surface area contributed by atoms with E-state index in [2.05, 4.69) is 35.7 Å². The van der Waals surface area contributed by atoms with Crippen LogP contribution in [0.1, 0.15) is 40.3 Å². The summed E-state index contributed by atoms with van der Waals surface area (Å²) in [6.07, 6.45) is 1.78. The highest BCUT2D eigenvalue weighted by Crippen LogP contribution is 2.35. The number of carbonyl (C=O) groups is 1. The minimum atomic E-state index is -0.878. The standard InChI is InChI=1S/C20H23N3O2S/c1-19(2,3)16-8-9-21-17(23-16)15-11-12-10-13(6-7-14(12)22-15)26-20(4,5)18(24)25/h6-11,22H,1-5H3,(H,24,25). The van der Waals surface area contributed by atoms with Crippen LogP contribution in [-0.2, 0) is 10.2 Å². The second kappa shape index (κ2) is 6.43. The van der Waals surface area contributed by atoms with Gasteiger partial charge in [-0.1, -0.05) is 20.8 Å². The average Bonchev–Trinajstić information content (AvgIpc) is 2.97. The summed E-state index contributed by atoms with van der Waals surface area (Å²) in [6.45, 7) is 9.78. The van der Waals surface area contributed by atoms with Crippen LogP contribution in [0.3, 0.4) is 0 Å². The van der Waals surface area contributed by atoms with Crippen LogP contribution < -0.4 is 0 Å². The Kier molecular flexibility index (Phi) is 4.56. The number of rotatable bonds is 4. The Morgan fingerprint density at radius 3 is 2.50 bits per heavy atom. The van der Waals surface area contributed by atoms with Gasteiger partial charge in [-0.15, -0.1) is 11.8 Å². The first-order valence-corrected chi connectivity index (χ1v) is 9.27. The van der Waals surface area contributed by atoms with E-state index in [-0.39, 0.29) is 5.41 Å². The van der Waals surface area contributed by atoms with Crippen molar-refractivity contribution in [2.24, 2.45) is 0 Å². The topological polar surface area (TPSA) is 78.9 Å². The summed E-state index contributed by atoms with van der Waals surface area (Å²) in [4.78, 5) is 24.7. The predicted molar refractivity (Wildman–Crippen MR) is 106 cm³/mol. The van der Waals surface area contributed by atoms with Crippen molar-refractivity contribution in [3.63, 3.8) is 0 Å². The van der Waals surface area contributed by atoms with Gasteiger partial charge >= 0.3 is 5.97 Å². The average molecular weight is 369 g/mol. The second-order valence-electron chi connectivity index (χ2n) is 7.87. The minimum absolute atomic E-state index is 0.0457. The zero-order chi connectivity index (χ0) is 19.1.